The number of ether oxygens (including phenoxy) is 1. The second kappa shape index (κ2) is 16.5. The second-order valence-electron chi connectivity index (χ2n) is 9.93. The van der Waals surface area contributed by atoms with Crippen molar-refractivity contribution in [1.82, 2.24) is 10.3 Å². The van der Waals surface area contributed by atoms with E-state index in [9.17, 15) is 9.90 Å². The monoisotopic (exact) mass is 594 g/mol. The molecular formula is C34H40Cl2N2O3. The Kier molecular flexibility index (Phi) is 13.1. The Balaban J connectivity index is 1.96. The van der Waals surface area contributed by atoms with Crippen LogP contribution in [-0.2, 0) is 9.53 Å². The maximum Gasteiger partial charge on any atom is 0.307 e. The third kappa shape index (κ3) is 9.27. The first kappa shape index (κ1) is 32.6. The summed E-state index contributed by atoms with van der Waals surface area (Å²) in [6.45, 7) is 11.0. The number of aromatic nitrogens is 1. The fourth-order valence-corrected chi connectivity index (χ4v) is 5.33. The van der Waals surface area contributed by atoms with Crippen molar-refractivity contribution in [3.8, 4) is 0 Å². The van der Waals surface area contributed by atoms with E-state index >= 15 is 0 Å². The predicted molar refractivity (Wildman–Crippen MR) is 170 cm³/mol. The Morgan fingerprint density at radius 2 is 1.85 bits per heavy atom. The van der Waals surface area contributed by atoms with Gasteiger partial charge in [0.15, 0.2) is 0 Å². The predicted octanol–water partition coefficient (Wildman–Crippen LogP) is 8.40. The van der Waals surface area contributed by atoms with E-state index in [4.69, 9.17) is 27.9 Å². The first-order valence-corrected chi connectivity index (χ1v) is 14.9. The standard InChI is InChI=1S/C34H40Cl2N2O3/c1-5-8-10-27(23(4)13-14-24(6-2)34(40)37-22-21-32(39)41-7-3)33(25-15-17-26(35)18-16-25)29-11-9-12-30-28(29)19-20-31(36)38-30/h6,9,11-20,27,33-34,37,40H,4-5,7-8,10,21-22H2,1-3H3. The first-order valence-electron chi connectivity index (χ1n) is 14.2. The number of allylic oxidation sites excluding steroid dienone is 3. The molecule has 0 radical (unpaired) electrons. The molecule has 0 spiro atoms. The van der Waals surface area contributed by atoms with Crippen molar-refractivity contribution in [2.24, 2.45) is 5.92 Å². The molecule has 0 bridgehead atoms. The van der Waals surface area contributed by atoms with Gasteiger partial charge in [0, 0.05) is 22.9 Å². The molecule has 5 nitrogen and oxygen atoms in total. The first-order chi connectivity index (χ1) is 19.8. The highest BCUT2D eigenvalue weighted by Gasteiger charge is 2.28. The van der Waals surface area contributed by atoms with Crippen molar-refractivity contribution >= 4 is 40.1 Å². The summed E-state index contributed by atoms with van der Waals surface area (Å²) >= 11 is 12.5. The van der Waals surface area contributed by atoms with E-state index in [2.05, 4.69) is 42.0 Å². The van der Waals surface area contributed by atoms with Crippen LogP contribution in [0.3, 0.4) is 0 Å². The van der Waals surface area contributed by atoms with Crippen molar-refractivity contribution in [2.75, 3.05) is 13.2 Å². The van der Waals surface area contributed by atoms with Gasteiger partial charge in [-0.3, -0.25) is 10.1 Å². The van der Waals surface area contributed by atoms with Crippen LogP contribution in [0.25, 0.3) is 10.9 Å². The normalized spacial score (nSPS) is 14.2. The van der Waals surface area contributed by atoms with Crippen LogP contribution < -0.4 is 5.32 Å². The van der Waals surface area contributed by atoms with E-state index in [1.165, 1.54) is 0 Å². The summed E-state index contributed by atoms with van der Waals surface area (Å²) < 4.78 is 4.96. The Hall–Kier alpha value is -2.96. The highest BCUT2D eigenvalue weighted by atomic mass is 35.5. The van der Waals surface area contributed by atoms with E-state index in [1.807, 2.05) is 61.5 Å². The molecule has 3 aromatic rings. The van der Waals surface area contributed by atoms with Crippen LogP contribution in [0, 0.1) is 5.92 Å². The summed E-state index contributed by atoms with van der Waals surface area (Å²) in [5.41, 5.74) is 4.78. The Labute approximate surface area is 253 Å². The lowest BCUT2D eigenvalue weighted by Gasteiger charge is -2.30. The summed E-state index contributed by atoms with van der Waals surface area (Å²) in [6, 6.07) is 18.0. The number of halogens is 2. The number of benzene rings is 2. The van der Waals surface area contributed by atoms with E-state index in [0.717, 1.165) is 46.9 Å². The molecule has 0 fully saturated rings. The summed E-state index contributed by atoms with van der Waals surface area (Å²) in [6.07, 6.45) is 8.02. The lowest BCUT2D eigenvalue weighted by molar-refractivity contribution is -0.143. The molecule has 1 aromatic heterocycles. The van der Waals surface area contributed by atoms with Crippen LogP contribution in [-0.4, -0.2) is 35.4 Å². The number of nitrogens with one attached hydrogen (secondary N) is 1. The van der Waals surface area contributed by atoms with Gasteiger partial charge in [-0.1, -0.05) is 97.6 Å². The average Bonchev–Trinajstić information content (AvgIpc) is 2.96. The Morgan fingerprint density at radius 3 is 2.54 bits per heavy atom. The largest absolute Gasteiger partial charge is 0.466 e. The number of carbonyl (C=O) groups excluding carboxylic acids is 1. The minimum absolute atomic E-state index is 0.00988. The van der Waals surface area contributed by atoms with Gasteiger partial charge in [-0.05, 0) is 73.2 Å². The SMILES string of the molecule is C=C(C=CC(=CC)C(O)NCCC(=O)OCC)C(CCCC)C(c1ccc(Cl)cc1)c1cccc2nc(Cl)ccc12. The quantitative estimate of drug-likeness (QED) is 0.0799. The van der Waals surface area contributed by atoms with Gasteiger partial charge in [-0.2, -0.15) is 0 Å². The number of nitrogens with zero attached hydrogens (tertiary/aromatic N) is 1. The molecule has 218 valence electrons. The summed E-state index contributed by atoms with van der Waals surface area (Å²) in [5, 5.41) is 15.9. The van der Waals surface area contributed by atoms with Gasteiger partial charge in [0.1, 0.15) is 11.4 Å². The molecule has 1 heterocycles. The molecule has 3 atom stereocenters. The van der Waals surface area contributed by atoms with E-state index in [0.29, 0.717) is 28.9 Å². The van der Waals surface area contributed by atoms with E-state index in [-0.39, 0.29) is 24.2 Å². The summed E-state index contributed by atoms with van der Waals surface area (Å²) in [7, 11) is 0. The molecule has 3 rings (SSSR count). The third-order valence-corrected chi connectivity index (χ3v) is 7.62. The zero-order chi connectivity index (χ0) is 29.8. The van der Waals surface area contributed by atoms with E-state index in [1.54, 1.807) is 6.92 Å². The molecular weight excluding hydrogens is 555 g/mol. The van der Waals surface area contributed by atoms with Gasteiger partial charge >= 0.3 is 5.97 Å². The number of unbranched alkanes of at least 4 members (excludes halogenated alkanes) is 1. The Bertz CT molecular complexity index is 1370. The van der Waals surface area contributed by atoms with Crippen LogP contribution in [0.2, 0.25) is 10.2 Å². The molecule has 0 aliphatic rings. The van der Waals surface area contributed by atoms with E-state index < -0.39 is 6.23 Å². The maximum absolute atomic E-state index is 11.7. The van der Waals surface area contributed by atoms with Crippen molar-refractivity contribution in [1.29, 1.82) is 0 Å². The number of carbonyl (C=O) groups is 1. The molecule has 2 aromatic carbocycles. The van der Waals surface area contributed by atoms with Crippen molar-refractivity contribution in [3.63, 3.8) is 0 Å². The van der Waals surface area contributed by atoms with Crippen LogP contribution in [0.15, 0.2) is 90.6 Å². The second-order valence-corrected chi connectivity index (χ2v) is 10.8. The van der Waals surface area contributed by atoms with Crippen LogP contribution in [0.4, 0.5) is 0 Å². The molecule has 0 amide bonds. The number of aliphatic hydroxyl groups is 1. The van der Waals surface area contributed by atoms with Gasteiger partial charge in [0.05, 0.1) is 18.5 Å². The number of fused-ring (bicyclic) bond motifs is 1. The number of hydrogen-bond acceptors (Lipinski definition) is 5. The van der Waals surface area contributed by atoms with Crippen LogP contribution in [0.1, 0.15) is 63.5 Å². The maximum atomic E-state index is 11.7. The van der Waals surface area contributed by atoms with Crippen molar-refractivity contribution in [2.45, 2.75) is 58.6 Å². The molecule has 3 unspecified atom stereocenters. The number of aliphatic hydroxyl groups excluding tert-OH is 1. The van der Waals surface area contributed by atoms with Crippen LogP contribution >= 0.6 is 23.2 Å². The highest BCUT2D eigenvalue weighted by Crippen LogP contribution is 2.42. The molecule has 0 saturated heterocycles. The number of pyridine rings is 1. The topological polar surface area (TPSA) is 71.5 Å². The molecule has 7 heteroatoms. The molecule has 0 aliphatic heterocycles. The Morgan fingerprint density at radius 1 is 1.10 bits per heavy atom. The fraction of sp³-hybridized carbons (Fsp3) is 0.353. The van der Waals surface area contributed by atoms with Crippen molar-refractivity contribution in [3.05, 3.63) is 112 Å². The zero-order valence-corrected chi connectivity index (χ0v) is 25.6. The number of hydrogen-bond donors (Lipinski definition) is 2. The van der Waals surface area contributed by atoms with Gasteiger partial charge in [-0.15, -0.1) is 0 Å². The average molecular weight is 596 g/mol. The molecule has 41 heavy (non-hydrogen) atoms. The van der Waals surface area contributed by atoms with Gasteiger partial charge < -0.3 is 9.84 Å². The van der Waals surface area contributed by atoms with Crippen molar-refractivity contribution < 1.29 is 14.6 Å². The molecule has 0 aliphatic carbocycles. The van der Waals surface area contributed by atoms with Gasteiger partial charge in [-0.25, -0.2) is 4.98 Å². The minimum Gasteiger partial charge on any atom is -0.466 e. The fourth-order valence-electron chi connectivity index (χ4n) is 5.05. The zero-order valence-electron chi connectivity index (χ0n) is 24.1. The van der Waals surface area contributed by atoms with Gasteiger partial charge in [0.2, 0.25) is 0 Å². The lowest BCUT2D eigenvalue weighted by Crippen LogP contribution is -2.32. The number of esters is 1. The highest BCUT2D eigenvalue weighted by molar-refractivity contribution is 6.30. The summed E-state index contributed by atoms with van der Waals surface area (Å²) in [4.78, 5) is 16.2. The minimum atomic E-state index is -0.923. The van der Waals surface area contributed by atoms with Crippen LogP contribution in [0.5, 0.6) is 0 Å². The molecule has 0 saturated carbocycles. The molecule has 2 N–H and O–H groups in total. The third-order valence-electron chi connectivity index (χ3n) is 7.15. The smallest absolute Gasteiger partial charge is 0.307 e. The number of rotatable bonds is 15. The van der Waals surface area contributed by atoms with Gasteiger partial charge in [0.25, 0.3) is 0 Å². The lowest BCUT2D eigenvalue weighted by atomic mass is 9.74. The summed E-state index contributed by atoms with van der Waals surface area (Å²) in [5.74, 6) is -0.235.